The van der Waals surface area contributed by atoms with Crippen molar-refractivity contribution < 1.29 is 19.4 Å². The maximum atomic E-state index is 11.7. The number of carbonyl (C=O) groups is 1. The molecule has 6 unspecified atom stereocenters. The Labute approximate surface area is 107 Å². The molecule has 2 aliphatic carbocycles. The van der Waals surface area contributed by atoms with Crippen LogP contribution in [-0.4, -0.2) is 35.0 Å². The van der Waals surface area contributed by atoms with Crippen LogP contribution in [0.3, 0.4) is 0 Å². The fourth-order valence-electron chi connectivity index (χ4n) is 4.61. The van der Waals surface area contributed by atoms with E-state index in [-0.39, 0.29) is 17.6 Å². The maximum absolute atomic E-state index is 11.7. The van der Waals surface area contributed by atoms with Crippen LogP contribution in [0.15, 0.2) is 0 Å². The Balaban J connectivity index is 1.70. The van der Waals surface area contributed by atoms with E-state index in [1.54, 1.807) is 0 Å². The van der Waals surface area contributed by atoms with E-state index in [0.717, 1.165) is 25.7 Å². The molecule has 2 heterocycles. The summed E-state index contributed by atoms with van der Waals surface area (Å²) < 4.78 is 11.7. The highest BCUT2D eigenvalue weighted by Gasteiger charge is 2.74. The highest BCUT2D eigenvalue weighted by atomic mass is 16.6. The number of rotatable bonds is 2. The molecule has 6 atom stereocenters. The van der Waals surface area contributed by atoms with Gasteiger partial charge in [0.2, 0.25) is 0 Å². The standard InChI is InChI=1S/C14H20O4/c1-13(12(15)16)7-5-8-10(17-8)11(13)14-6-3-2-4-9(14)18-14/h8-11H,2-7H2,1H3,(H,15,16). The average Bonchev–Trinajstić information content (AvgIpc) is 3.21. The predicted octanol–water partition coefficient (Wildman–Crippen LogP) is 1.97. The summed E-state index contributed by atoms with van der Waals surface area (Å²) in [5.74, 6) is -0.609. The van der Waals surface area contributed by atoms with Crippen molar-refractivity contribution in [3.8, 4) is 0 Å². The minimum atomic E-state index is -0.671. The number of carboxylic acids is 1. The molecular formula is C14H20O4. The second-order valence-electron chi connectivity index (χ2n) is 6.69. The fourth-order valence-corrected chi connectivity index (χ4v) is 4.61. The molecule has 0 spiro atoms. The van der Waals surface area contributed by atoms with E-state index in [9.17, 15) is 9.90 Å². The molecule has 0 radical (unpaired) electrons. The first-order valence-corrected chi connectivity index (χ1v) is 7.15. The van der Waals surface area contributed by atoms with Crippen molar-refractivity contribution in [2.45, 2.75) is 69.4 Å². The monoisotopic (exact) mass is 252 g/mol. The molecular weight excluding hydrogens is 232 g/mol. The summed E-state index contributed by atoms with van der Waals surface area (Å²) in [6.07, 6.45) is 6.89. The van der Waals surface area contributed by atoms with Gasteiger partial charge in [0.1, 0.15) is 5.60 Å². The van der Waals surface area contributed by atoms with Crippen LogP contribution >= 0.6 is 0 Å². The van der Waals surface area contributed by atoms with E-state index in [2.05, 4.69) is 0 Å². The third-order valence-electron chi connectivity index (χ3n) is 5.73. The minimum absolute atomic E-state index is 0.0616. The molecule has 0 aromatic carbocycles. The summed E-state index contributed by atoms with van der Waals surface area (Å²) in [5.41, 5.74) is -0.824. The Kier molecular flexibility index (Phi) is 2.05. The molecule has 2 saturated heterocycles. The van der Waals surface area contributed by atoms with Crippen molar-refractivity contribution in [1.29, 1.82) is 0 Å². The molecule has 0 bridgehead atoms. The van der Waals surface area contributed by atoms with Crippen molar-refractivity contribution in [1.82, 2.24) is 0 Å². The molecule has 18 heavy (non-hydrogen) atoms. The quantitative estimate of drug-likeness (QED) is 0.763. The largest absolute Gasteiger partial charge is 0.481 e. The topological polar surface area (TPSA) is 62.4 Å². The lowest BCUT2D eigenvalue weighted by molar-refractivity contribution is -0.156. The summed E-state index contributed by atoms with van der Waals surface area (Å²) in [7, 11) is 0. The summed E-state index contributed by atoms with van der Waals surface area (Å²) in [4.78, 5) is 11.7. The van der Waals surface area contributed by atoms with Gasteiger partial charge in [-0.25, -0.2) is 0 Å². The zero-order valence-electron chi connectivity index (χ0n) is 10.7. The summed E-state index contributed by atoms with van der Waals surface area (Å²) >= 11 is 0. The third kappa shape index (κ3) is 1.26. The predicted molar refractivity (Wildman–Crippen MR) is 63.2 cm³/mol. The van der Waals surface area contributed by atoms with E-state index in [1.807, 2.05) is 6.92 Å². The van der Waals surface area contributed by atoms with Gasteiger partial charge < -0.3 is 14.6 Å². The number of hydrogen-bond donors (Lipinski definition) is 1. The van der Waals surface area contributed by atoms with Crippen LogP contribution < -0.4 is 0 Å². The highest BCUT2D eigenvalue weighted by molar-refractivity contribution is 5.75. The number of carboxylic acid groups (broad SMARTS) is 1. The van der Waals surface area contributed by atoms with E-state index >= 15 is 0 Å². The lowest BCUT2D eigenvalue weighted by Crippen LogP contribution is -2.51. The molecule has 4 nitrogen and oxygen atoms in total. The van der Waals surface area contributed by atoms with Crippen molar-refractivity contribution >= 4 is 5.97 Å². The summed E-state index contributed by atoms with van der Waals surface area (Å²) in [6, 6.07) is 0. The van der Waals surface area contributed by atoms with Crippen LogP contribution in [0.5, 0.6) is 0 Å². The van der Waals surface area contributed by atoms with Crippen LogP contribution in [0, 0.1) is 11.3 Å². The molecule has 4 fully saturated rings. The van der Waals surface area contributed by atoms with Gasteiger partial charge in [-0.2, -0.15) is 0 Å². The molecule has 2 aliphatic heterocycles. The smallest absolute Gasteiger partial charge is 0.309 e. The second-order valence-corrected chi connectivity index (χ2v) is 6.69. The van der Waals surface area contributed by atoms with Gasteiger partial charge in [0.25, 0.3) is 0 Å². The van der Waals surface area contributed by atoms with Crippen LogP contribution in [-0.2, 0) is 14.3 Å². The van der Waals surface area contributed by atoms with Crippen molar-refractivity contribution in [3.05, 3.63) is 0 Å². The molecule has 0 aromatic rings. The van der Waals surface area contributed by atoms with Gasteiger partial charge in [-0.15, -0.1) is 0 Å². The Bertz CT molecular complexity index is 409. The maximum Gasteiger partial charge on any atom is 0.309 e. The van der Waals surface area contributed by atoms with Crippen LogP contribution in [0.2, 0.25) is 0 Å². The van der Waals surface area contributed by atoms with Crippen molar-refractivity contribution in [2.75, 3.05) is 0 Å². The van der Waals surface area contributed by atoms with Crippen molar-refractivity contribution in [2.24, 2.45) is 11.3 Å². The Morgan fingerprint density at radius 1 is 1.28 bits per heavy atom. The Morgan fingerprint density at radius 2 is 2.11 bits per heavy atom. The SMILES string of the molecule is CC1(C(=O)O)CCC2OC2C1C12CCCCC1O2. The lowest BCUT2D eigenvalue weighted by Gasteiger charge is -2.40. The molecule has 2 saturated carbocycles. The average molecular weight is 252 g/mol. The normalized spacial score (nSPS) is 57.4. The van der Waals surface area contributed by atoms with Crippen LogP contribution in [0.25, 0.3) is 0 Å². The number of hydrogen-bond acceptors (Lipinski definition) is 3. The van der Waals surface area contributed by atoms with Gasteiger partial charge >= 0.3 is 5.97 Å². The van der Waals surface area contributed by atoms with Gasteiger partial charge in [-0.05, 0) is 32.6 Å². The fraction of sp³-hybridized carbons (Fsp3) is 0.929. The third-order valence-corrected chi connectivity index (χ3v) is 5.73. The van der Waals surface area contributed by atoms with Gasteiger partial charge in [-0.3, -0.25) is 4.79 Å². The molecule has 0 amide bonds. The van der Waals surface area contributed by atoms with E-state index < -0.39 is 11.4 Å². The summed E-state index contributed by atoms with van der Waals surface area (Å²) in [5, 5.41) is 9.66. The minimum Gasteiger partial charge on any atom is -0.481 e. The molecule has 4 heteroatoms. The highest BCUT2D eigenvalue weighted by Crippen LogP contribution is 2.64. The molecule has 100 valence electrons. The molecule has 0 aromatic heterocycles. The lowest BCUT2D eigenvalue weighted by atomic mass is 9.59. The zero-order valence-corrected chi connectivity index (χ0v) is 10.7. The second kappa shape index (κ2) is 3.28. The Hall–Kier alpha value is -0.610. The van der Waals surface area contributed by atoms with E-state index in [1.165, 1.54) is 12.8 Å². The van der Waals surface area contributed by atoms with Crippen molar-refractivity contribution in [3.63, 3.8) is 0 Å². The number of fused-ring (bicyclic) bond motifs is 2. The van der Waals surface area contributed by atoms with Gasteiger partial charge in [-0.1, -0.05) is 12.8 Å². The number of epoxide rings is 2. The Morgan fingerprint density at radius 3 is 2.83 bits per heavy atom. The summed E-state index contributed by atoms with van der Waals surface area (Å²) in [6.45, 7) is 1.90. The molecule has 4 rings (SSSR count). The molecule has 1 N–H and O–H groups in total. The molecule has 4 aliphatic rings. The van der Waals surface area contributed by atoms with Gasteiger partial charge in [0, 0.05) is 5.92 Å². The van der Waals surface area contributed by atoms with Gasteiger partial charge in [0.05, 0.1) is 23.7 Å². The number of aliphatic carboxylic acids is 1. The first-order valence-electron chi connectivity index (χ1n) is 7.15. The van der Waals surface area contributed by atoms with Gasteiger partial charge in [0.15, 0.2) is 0 Å². The first-order chi connectivity index (χ1) is 8.58. The van der Waals surface area contributed by atoms with Crippen LogP contribution in [0.1, 0.15) is 45.4 Å². The van der Waals surface area contributed by atoms with Crippen LogP contribution in [0.4, 0.5) is 0 Å². The van der Waals surface area contributed by atoms with E-state index in [4.69, 9.17) is 9.47 Å². The number of ether oxygens (including phenoxy) is 2. The first kappa shape index (κ1) is 11.2. The van der Waals surface area contributed by atoms with E-state index in [0.29, 0.717) is 12.2 Å². The zero-order chi connectivity index (χ0) is 12.5.